The second kappa shape index (κ2) is 7.80. The lowest BCUT2D eigenvalue weighted by Gasteiger charge is -2.12. The fraction of sp³-hybridized carbons (Fsp3) is 0.636. The average molecular weight is 256 g/mol. The number of aliphatic hydroxyl groups is 1. The average Bonchev–Trinajstić information content (AvgIpc) is 2.34. The molecule has 102 valence electrons. The van der Waals surface area contributed by atoms with Crippen molar-refractivity contribution in [3.8, 4) is 0 Å². The van der Waals surface area contributed by atoms with Crippen molar-refractivity contribution in [1.29, 1.82) is 0 Å². The molecule has 0 bridgehead atoms. The van der Waals surface area contributed by atoms with Crippen molar-refractivity contribution >= 4 is 11.6 Å². The maximum Gasteiger partial charge on any atom is 0.158 e. The lowest BCUT2D eigenvalue weighted by molar-refractivity contribution is 0.0727. The van der Waals surface area contributed by atoms with Gasteiger partial charge in [-0.1, -0.05) is 0 Å². The molecule has 0 amide bonds. The SMILES string of the molecule is CCOCc1nc(N)cc(NCC(O)COC)n1. The van der Waals surface area contributed by atoms with E-state index in [1.54, 1.807) is 6.07 Å². The molecule has 1 unspecified atom stereocenters. The van der Waals surface area contributed by atoms with Gasteiger partial charge < -0.3 is 25.6 Å². The van der Waals surface area contributed by atoms with Crippen molar-refractivity contribution in [2.75, 3.05) is 37.9 Å². The van der Waals surface area contributed by atoms with Crippen LogP contribution in [0.15, 0.2) is 6.07 Å². The second-order valence-electron chi connectivity index (χ2n) is 3.72. The van der Waals surface area contributed by atoms with E-state index in [0.29, 0.717) is 37.2 Å². The summed E-state index contributed by atoms with van der Waals surface area (Å²) in [5, 5.41) is 12.5. The summed E-state index contributed by atoms with van der Waals surface area (Å²) in [4.78, 5) is 8.27. The van der Waals surface area contributed by atoms with Crippen molar-refractivity contribution in [2.45, 2.75) is 19.6 Å². The van der Waals surface area contributed by atoms with Gasteiger partial charge in [-0.15, -0.1) is 0 Å². The van der Waals surface area contributed by atoms with E-state index >= 15 is 0 Å². The zero-order chi connectivity index (χ0) is 13.4. The number of nitrogen functional groups attached to an aromatic ring is 1. The number of rotatable bonds is 8. The van der Waals surface area contributed by atoms with E-state index in [1.165, 1.54) is 7.11 Å². The topological polar surface area (TPSA) is 103 Å². The number of anilines is 2. The lowest BCUT2D eigenvalue weighted by Crippen LogP contribution is -2.24. The molecular weight excluding hydrogens is 236 g/mol. The van der Waals surface area contributed by atoms with Gasteiger partial charge in [-0.25, -0.2) is 9.97 Å². The molecule has 0 fully saturated rings. The standard InChI is InChI=1S/C11H20N4O3/c1-3-18-7-11-14-9(12)4-10(15-11)13-5-8(16)6-17-2/h4,8,16H,3,5-7H2,1-2H3,(H3,12,13,14,15). The summed E-state index contributed by atoms with van der Waals surface area (Å²) in [6, 6.07) is 1.61. The first-order valence-corrected chi connectivity index (χ1v) is 5.77. The lowest BCUT2D eigenvalue weighted by atomic mass is 10.3. The van der Waals surface area contributed by atoms with Crippen LogP contribution < -0.4 is 11.1 Å². The highest BCUT2D eigenvalue weighted by atomic mass is 16.5. The maximum absolute atomic E-state index is 9.50. The second-order valence-corrected chi connectivity index (χ2v) is 3.72. The molecule has 0 spiro atoms. The van der Waals surface area contributed by atoms with Crippen LogP contribution >= 0.6 is 0 Å². The van der Waals surface area contributed by atoms with Gasteiger partial charge in [0.15, 0.2) is 5.82 Å². The van der Waals surface area contributed by atoms with Crippen LogP contribution in [0.5, 0.6) is 0 Å². The summed E-state index contributed by atoms with van der Waals surface area (Å²) in [5.41, 5.74) is 5.66. The molecule has 1 heterocycles. The summed E-state index contributed by atoms with van der Waals surface area (Å²) >= 11 is 0. The zero-order valence-electron chi connectivity index (χ0n) is 10.7. The highest BCUT2D eigenvalue weighted by Crippen LogP contribution is 2.09. The van der Waals surface area contributed by atoms with E-state index in [4.69, 9.17) is 15.2 Å². The third kappa shape index (κ3) is 5.26. The summed E-state index contributed by atoms with van der Waals surface area (Å²) < 4.78 is 10.0. The smallest absolute Gasteiger partial charge is 0.158 e. The van der Waals surface area contributed by atoms with Crippen LogP contribution in [-0.4, -0.2) is 48.0 Å². The van der Waals surface area contributed by atoms with Crippen LogP contribution in [0.1, 0.15) is 12.7 Å². The number of aliphatic hydroxyl groups excluding tert-OH is 1. The molecule has 0 saturated heterocycles. The van der Waals surface area contributed by atoms with E-state index in [9.17, 15) is 5.11 Å². The fourth-order valence-corrected chi connectivity index (χ4v) is 1.34. The monoisotopic (exact) mass is 256 g/mol. The van der Waals surface area contributed by atoms with Gasteiger partial charge in [-0.05, 0) is 6.92 Å². The molecule has 4 N–H and O–H groups in total. The zero-order valence-corrected chi connectivity index (χ0v) is 10.7. The maximum atomic E-state index is 9.50. The third-order valence-corrected chi connectivity index (χ3v) is 2.11. The van der Waals surface area contributed by atoms with Crippen LogP contribution in [0, 0.1) is 0 Å². The van der Waals surface area contributed by atoms with Crippen molar-refractivity contribution in [3.05, 3.63) is 11.9 Å². The molecule has 0 radical (unpaired) electrons. The van der Waals surface area contributed by atoms with Crippen molar-refractivity contribution in [1.82, 2.24) is 9.97 Å². The van der Waals surface area contributed by atoms with Crippen LogP contribution in [-0.2, 0) is 16.1 Å². The Morgan fingerprint density at radius 1 is 1.50 bits per heavy atom. The van der Waals surface area contributed by atoms with Crippen molar-refractivity contribution in [3.63, 3.8) is 0 Å². The minimum absolute atomic E-state index is 0.263. The molecular formula is C11H20N4O3. The minimum atomic E-state index is -0.596. The van der Waals surface area contributed by atoms with Crippen LogP contribution in [0.25, 0.3) is 0 Å². The van der Waals surface area contributed by atoms with Gasteiger partial charge in [0.05, 0.1) is 12.7 Å². The number of ether oxygens (including phenoxy) is 2. The Labute approximate surface area is 106 Å². The Hall–Kier alpha value is -1.44. The number of nitrogens with two attached hydrogens (primary N) is 1. The van der Waals surface area contributed by atoms with Crippen LogP contribution in [0.3, 0.4) is 0 Å². The van der Waals surface area contributed by atoms with Gasteiger partial charge in [-0.3, -0.25) is 0 Å². The molecule has 1 aromatic heterocycles. The van der Waals surface area contributed by atoms with Gasteiger partial charge in [0, 0.05) is 26.3 Å². The summed E-state index contributed by atoms with van der Waals surface area (Å²) in [5.74, 6) is 1.44. The molecule has 1 aromatic rings. The van der Waals surface area contributed by atoms with E-state index in [1.807, 2.05) is 6.92 Å². The first-order chi connectivity index (χ1) is 8.65. The normalized spacial score (nSPS) is 12.4. The Morgan fingerprint density at radius 2 is 2.28 bits per heavy atom. The molecule has 0 aliphatic carbocycles. The summed E-state index contributed by atoms with van der Waals surface area (Å²) in [6.45, 7) is 3.40. The molecule has 0 aliphatic rings. The molecule has 7 heteroatoms. The molecule has 18 heavy (non-hydrogen) atoms. The van der Waals surface area contributed by atoms with Gasteiger partial charge in [0.25, 0.3) is 0 Å². The molecule has 0 aliphatic heterocycles. The van der Waals surface area contributed by atoms with Gasteiger partial charge >= 0.3 is 0 Å². The van der Waals surface area contributed by atoms with Crippen molar-refractivity contribution < 1.29 is 14.6 Å². The minimum Gasteiger partial charge on any atom is -0.389 e. The van der Waals surface area contributed by atoms with E-state index in [-0.39, 0.29) is 6.61 Å². The molecule has 0 saturated carbocycles. The number of nitrogens with zero attached hydrogens (tertiary/aromatic N) is 2. The quantitative estimate of drug-likeness (QED) is 0.602. The fourth-order valence-electron chi connectivity index (χ4n) is 1.34. The summed E-state index contributed by atoms with van der Waals surface area (Å²) in [6.07, 6.45) is -0.596. The largest absolute Gasteiger partial charge is 0.389 e. The molecule has 1 rings (SSSR count). The molecule has 0 aromatic carbocycles. The number of methoxy groups -OCH3 is 1. The number of aromatic nitrogens is 2. The first kappa shape index (κ1) is 14.6. The predicted molar refractivity (Wildman–Crippen MR) is 68.1 cm³/mol. The Kier molecular flexibility index (Phi) is 6.34. The van der Waals surface area contributed by atoms with Crippen LogP contribution in [0.2, 0.25) is 0 Å². The highest BCUT2D eigenvalue weighted by molar-refractivity contribution is 5.44. The Bertz CT molecular complexity index is 362. The molecule has 7 nitrogen and oxygen atoms in total. The first-order valence-electron chi connectivity index (χ1n) is 5.77. The molecule has 1 atom stereocenters. The Morgan fingerprint density at radius 3 is 2.94 bits per heavy atom. The summed E-state index contributed by atoms with van der Waals surface area (Å²) in [7, 11) is 1.53. The van der Waals surface area contributed by atoms with Crippen LogP contribution in [0.4, 0.5) is 11.6 Å². The number of hydrogen-bond donors (Lipinski definition) is 3. The van der Waals surface area contributed by atoms with Gasteiger partial charge in [0.1, 0.15) is 18.2 Å². The number of nitrogens with one attached hydrogen (secondary N) is 1. The predicted octanol–water partition coefficient (Wildman–Crippen LogP) is 0.0145. The Balaban J connectivity index is 2.56. The number of hydrogen-bond acceptors (Lipinski definition) is 7. The van der Waals surface area contributed by atoms with E-state index in [0.717, 1.165) is 0 Å². The third-order valence-electron chi connectivity index (χ3n) is 2.11. The van der Waals surface area contributed by atoms with Crippen molar-refractivity contribution in [2.24, 2.45) is 0 Å². The van der Waals surface area contributed by atoms with E-state index < -0.39 is 6.10 Å². The highest BCUT2D eigenvalue weighted by Gasteiger charge is 2.06. The van der Waals surface area contributed by atoms with Gasteiger partial charge in [-0.2, -0.15) is 0 Å². The van der Waals surface area contributed by atoms with Gasteiger partial charge in [0.2, 0.25) is 0 Å². The van der Waals surface area contributed by atoms with E-state index in [2.05, 4.69) is 15.3 Å².